The first-order valence-corrected chi connectivity index (χ1v) is 13.8. The number of rotatable bonds is 6. The number of hydroxylamine groups is 2. The van der Waals surface area contributed by atoms with Gasteiger partial charge in [0.25, 0.3) is 5.91 Å². The maximum atomic E-state index is 13.1. The van der Waals surface area contributed by atoms with E-state index in [0.717, 1.165) is 42.7 Å². The Morgan fingerprint density at radius 2 is 1.58 bits per heavy atom. The molecule has 38 heavy (non-hydrogen) atoms. The number of carbonyl (C=O) groups is 2. The van der Waals surface area contributed by atoms with Gasteiger partial charge in [-0.15, -0.1) is 0 Å². The van der Waals surface area contributed by atoms with E-state index in [4.69, 9.17) is 4.84 Å². The molecule has 1 saturated heterocycles. The van der Waals surface area contributed by atoms with E-state index in [0.29, 0.717) is 25.3 Å². The number of fused-ring (bicyclic) bond motifs is 1. The van der Waals surface area contributed by atoms with Crippen LogP contribution >= 0.6 is 0 Å². The molecule has 0 spiro atoms. The largest absolute Gasteiger partial charge is 0.339 e. The highest BCUT2D eigenvalue weighted by atomic mass is 16.7. The van der Waals surface area contributed by atoms with Crippen LogP contribution in [0.5, 0.6) is 0 Å². The zero-order chi connectivity index (χ0) is 27.9. The summed E-state index contributed by atoms with van der Waals surface area (Å²) in [6, 6.07) is 15.6. The first-order valence-electron chi connectivity index (χ1n) is 13.8. The fourth-order valence-corrected chi connectivity index (χ4v) is 4.07. The lowest BCUT2D eigenvalue weighted by atomic mass is 10.1. The van der Waals surface area contributed by atoms with Crippen LogP contribution in [0.1, 0.15) is 75.9 Å². The third kappa shape index (κ3) is 9.26. The summed E-state index contributed by atoms with van der Waals surface area (Å²) in [5.74, 6) is 0.0804. The Morgan fingerprint density at radius 3 is 2.18 bits per heavy atom. The average Bonchev–Trinajstić information content (AvgIpc) is 3.45. The quantitative estimate of drug-likeness (QED) is 0.395. The van der Waals surface area contributed by atoms with E-state index >= 15 is 0 Å². The van der Waals surface area contributed by atoms with Crippen molar-refractivity contribution in [2.24, 2.45) is 0 Å². The number of amides is 2. The molecule has 2 aromatic rings. The van der Waals surface area contributed by atoms with Crippen molar-refractivity contribution in [1.29, 1.82) is 0 Å². The Kier molecular flexibility index (Phi) is 13.5. The number of para-hydroxylation sites is 1. The molecule has 2 heterocycles. The van der Waals surface area contributed by atoms with Crippen molar-refractivity contribution in [1.82, 2.24) is 9.96 Å². The van der Waals surface area contributed by atoms with Gasteiger partial charge >= 0.3 is 0 Å². The lowest BCUT2D eigenvalue weighted by Gasteiger charge is -2.23. The molecule has 2 aliphatic heterocycles. The highest BCUT2D eigenvalue weighted by Crippen LogP contribution is 2.27. The molecule has 6 heteroatoms. The lowest BCUT2D eigenvalue weighted by molar-refractivity contribution is -0.163. The highest BCUT2D eigenvalue weighted by Gasteiger charge is 2.27. The Bertz CT molecular complexity index is 1070. The SMILES string of the molecule is C/C=C\CON1CC(=O)N(Cc2ccc(C(=O)N3CCCC3)cc2)c2ccccc2C1.CC.CC=C(C)C. The number of carbonyl (C=O) groups excluding carboxylic acids is 2. The van der Waals surface area contributed by atoms with E-state index in [1.54, 1.807) is 5.06 Å². The van der Waals surface area contributed by atoms with Crippen molar-refractivity contribution in [2.45, 2.75) is 67.5 Å². The third-order valence-electron chi connectivity index (χ3n) is 6.34. The van der Waals surface area contributed by atoms with E-state index in [2.05, 4.69) is 19.9 Å². The summed E-state index contributed by atoms with van der Waals surface area (Å²) in [5, 5.41) is 1.72. The van der Waals surface area contributed by atoms with Crippen LogP contribution in [0.3, 0.4) is 0 Å². The molecule has 0 unspecified atom stereocenters. The maximum absolute atomic E-state index is 13.1. The lowest BCUT2D eigenvalue weighted by Crippen LogP contribution is -2.37. The van der Waals surface area contributed by atoms with Gasteiger partial charge in [0.15, 0.2) is 0 Å². The van der Waals surface area contributed by atoms with Crippen LogP contribution in [-0.2, 0) is 22.7 Å². The zero-order valence-corrected chi connectivity index (χ0v) is 24.1. The smallest absolute Gasteiger partial charge is 0.253 e. The van der Waals surface area contributed by atoms with Crippen molar-refractivity contribution >= 4 is 17.5 Å². The number of nitrogens with zero attached hydrogens (tertiary/aromatic N) is 3. The maximum Gasteiger partial charge on any atom is 0.253 e. The molecule has 6 nitrogen and oxygen atoms in total. The van der Waals surface area contributed by atoms with E-state index < -0.39 is 0 Å². The normalized spacial score (nSPS) is 15.2. The van der Waals surface area contributed by atoms with Crippen LogP contribution in [0.2, 0.25) is 0 Å². The Labute approximate surface area is 229 Å². The first-order chi connectivity index (χ1) is 18.4. The molecule has 0 aliphatic carbocycles. The van der Waals surface area contributed by atoms with Crippen LogP contribution in [0.4, 0.5) is 5.69 Å². The van der Waals surface area contributed by atoms with E-state index in [1.807, 2.05) is 98.2 Å². The zero-order valence-electron chi connectivity index (χ0n) is 24.1. The second-order valence-electron chi connectivity index (χ2n) is 9.33. The Balaban J connectivity index is 0.000000651. The standard InChI is InChI=1S/C25H29N3O3.C5H10.C2H6/c1-2-3-16-31-27-18-22-8-4-5-9-23(22)28(24(29)19-27)17-20-10-12-21(13-11-20)25(30)26-14-6-7-15-26;1-4-5(2)3;1-2/h2-5,8-13H,6-7,14-19H2,1H3;4H,1-3H3;1-2H3/b3-2-;;. The van der Waals surface area contributed by atoms with Gasteiger partial charge in [0.2, 0.25) is 5.91 Å². The van der Waals surface area contributed by atoms with Crippen LogP contribution in [0.25, 0.3) is 0 Å². The van der Waals surface area contributed by atoms with E-state index in [1.165, 1.54) is 5.57 Å². The summed E-state index contributed by atoms with van der Waals surface area (Å²) in [5.41, 5.74) is 5.03. The molecule has 0 saturated carbocycles. The predicted molar refractivity (Wildman–Crippen MR) is 157 cm³/mol. The molecule has 1 fully saturated rings. The summed E-state index contributed by atoms with van der Waals surface area (Å²) in [7, 11) is 0. The second kappa shape index (κ2) is 16.6. The van der Waals surface area contributed by atoms with Gasteiger partial charge in [0, 0.05) is 24.3 Å². The van der Waals surface area contributed by atoms with Crippen molar-refractivity contribution in [3.63, 3.8) is 0 Å². The number of hydrogen-bond donors (Lipinski definition) is 0. The minimum absolute atomic E-state index is 0.0114. The summed E-state index contributed by atoms with van der Waals surface area (Å²) >= 11 is 0. The molecule has 0 bridgehead atoms. The minimum atomic E-state index is -0.0114. The van der Waals surface area contributed by atoms with Crippen molar-refractivity contribution < 1.29 is 14.4 Å². The minimum Gasteiger partial charge on any atom is -0.339 e. The average molecular weight is 520 g/mol. The molecule has 2 aliphatic rings. The summed E-state index contributed by atoms with van der Waals surface area (Å²) in [4.78, 5) is 35.2. The van der Waals surface area contributed by atoms with Gasteiger partial charge in [-0.05, 0) is 69.9 Å². The van der Waals surface area contributed by atoms with E-state index in [-0.39, 0.29) is 18.4 Å². The summed E-state index contributed by atoms with van der Waals surface area (Å²) in [6.07, 6.45) is 8.09. The third-order valence-corrected chi connectivity index (χ3v) is 6.34. The van der Waals surface area contributed by atoms with Gasteiger partial charge in [0.1, 0.15) is 6.54 Å². The number of allylic oxidation sites excluding steroid dienone is 3. The molecule has 0 aromatic heterocycles. The summed E-state index contributed by atoms with van der Waals surface area (Å²) < 4.78 is 0. The molecule has 2 amide bonds. The molecule has 206 valence electrons. The molecule has 0 atom stereocenters. The van der Waals surface area contributed by atoms with Crippen LogP contribution in [0.15, 0.2) is 72.3 Å². The van der Waals surface area contributed by atoms with Gasteiger partial charge in [-0.1, -0.05) is 68.0 Å². The van der Waals surface area contributed by atoms with Gasteiger partial charge in [-0.3, -0.25) is 14.4 Å². The van der Waals surface area contributed by atoms with Crippen molar-refractivity contribution in [2.75, 3.05) is 31.1 Å². The van der Waals surface area contributed by atoms with Crippen LogP contribution in [-0.4, -0.2) is 48.0 Å². The molecular formula is C32H45N3O3. The fraction of sp³-hybridized carbons (Fsp3) is 0.438. The van der Waals surface area contributed by atoms with E-state index in [9.17, 15) is 9.59 Å². The molecule has 0 radical (unpaired) electrons. The predicted octanol–water partition coefficient (Wildman–Crippen LogP) is 6.78. The number of benzene rings is 2. The van der Waals surface area contributed by atoms with Crippen molar-refractivity contribution in [3.8, 4) is 0 Å². The Morgan fingerprint density at radius 1 is 0.947 bits per heavy atom. The number of hydrogen-bond acceptors (Lipinski definition) is 4. The topological polar surface area (TPSA) is 53.1 Å². The molecule has 2 aromatic carbocycles. The molecular weight excluding hydrogens is 474 g/mol. The van der Waals surface area contributed by atoms with Crippen molar-refractivity contribution in [3.05, 3.63) is 89.0 Å². The van der Waals surface area contributed by atoms with Gasteiger partial charge in [-0.25, -0.2) is 0 Å². The number of anilines is 1. The fourth-order valence-electron chi connectivity index (χ4n) is 4.07. The second-order valence-corrected chi connectivity index (χ2v) is 9.33. The van der Waals surface area contributed by atoms with Crippen LogP contribution in [0, 0.1) is 0 Å². The van der Waals surface area contributed by atoms with Crippen LogP contribution < -0.4 is 4.90 Å². The molecule has 0 N–H and O–H groups in total. The van der Waals surface area contributed by atoms with Gasteiger partial charge in [0.05, 0.1) is 19.7 Å². The van der Waals surface area contributed by atoms with Gasteiger partial charge in [-0.2, -0.15) is 5.06 Å². The van der Waals surface area contributed by atoms with Gasteiger partial charge < -0.3 is 9.80 Å². The first kappa shape index (κ1) is 31.0. The summed E-state index contributed by atoms with van der Waals surface area (Å²) in [6.45, 7) is 15.5. The monoisotopic (exact) mass is 519 g/mol. The highest BCUT2D eigenvalue weighted by molar-refractivity contribution is 5.96. The number of likely N-dealkylation sites (tertiary alicyclic amines) is 1. The Hall–Kier alpha value is -3.22. The molecule has 4 rings (SSSR count).